The predicted molar refractivity (Wildman–Crippen MR) is 150 cm³/mol. The Kier molecular flexibility index (Phi) is 8.65. The van der Waals surface area contributed by atoms with Crippen molar-refractivity contribution in [2.45, 2.75) is 37.8 Å². The van der Waals surface area contributed by atoms with Crippen LogP contribution in [0.5, 0.6) is 0 Å². The smallest absolute Gasteiger partial charge is 0.369 e. The van der Waals surface area contributed by atoms with Crippen molar-refractivity contribution < 1.29 is 18.0 Å². The fourth-order valence-corrected chi connectivity index (χ4v) is 5.34. The minimum Gasteiger partial charge on any atom is -0.369 e. The molecular weight excluding hydrogens is 521 g/mol. The van der Waals surface area contributed by atoms with Crippen LogP contribution in [0.1, 0.15) is 42.7 Å². The van der Waals surface area contributed by atoms with Crippen LogP contribution in [0.3, 0.4) is 0 Å². The second-order valence-electron chi connectivity index (χ2n) is 11.2. The molecule has 2 saturated heterocycles. The number of carbonyl (C=O) groups is 1. The lowest BCUT2D eigenvalue weighted by Gasteiger charge is -2.34. The molecule has 1 aromatic carbocycles. The van der Waals surface area contributed by atoms with Crippen LogP contribution in [0.4, 0.5) is 36.3 Å². The van der Waals surface area contributed by atoms with Gasteiger partial charge in [0, 0.05) is 69.9 Å². The van der Waals surface area contributed by atoms with E-state index in [1.807, 2.05) is 18.0 Å². The van der Waals surface area contributed by atoms with E-state index in [0.29, 0.717) is 32.0 Å². The van der Waals surface area contributed by atoms with Crippen molar-refractivity contribution in [1.82, 2.24) is 24.7 Å². The minimum atomic E-state index is -4.59. The molecule has 3 aliphatic rings. The largest absolute Gasteiger partial charge is 0.421 e. The lowest BCUT2D eigenvalue weighted by molar-refractivity contribution is -0.137. The molecule has 0 radical (unpaired) electrons. The second kappa shape index (κ2) is 12.2. The Hall–Kier alpha value is -3.12. The highest BCUT2D eigenvalue weighted by molar-refractivity contribution is 5.78. The number of anilines is 4. The molecule has 2 N–H and O–H groups in total. The van der Waals surface area contributed by atoms with Crippen LogP contribution in [-0.4, -0.2) is 104 Å². The van der Waals surface area contributed by atoms with Gasteiger partial charge < -0.3 is 25.3 Å². The zero-order valence-corrected chi connectivity index (χ0v) is 23.3. The summed E-state index contributed by atoms with van der Waals surface area (Å²) in [5.74, 6) is 0.350. The number of amides is 1. The third-order valence-electron chi connectivity index (χ3n) is 7.88. The number of halogens is 3. The molecule has 0 unspecified atom stereocenters. The first-order valence-corrected chi connectivity index (χ1v) is 14.2. The molecule has 0 bridgehead atoms. The Morgan fingerprint density at radius 3 is 2.52 bits per heavy atom. The van der Waals surface area contributed by atoms with Crippen LogP contribution in [0.15, 0.2) is 24.4 Å². The van der Waals surface area contributed by atoms with E-state index < -0.39 is 11.7 Å². The zero-order chi connectivity index (χ0) is 28.3. The highest BCUT2D eigenvalue weighted by Crippen LogP contribution is 2.45. The molecular formula is C28H39F3N8O. The fourth-order valence-electron chi connectivity index (χ4n) is 5.34. The highest BCUT2D eigenvalue weighted by atomic mass is 19.4. The summed E-state index contributed by atoms with van der Waals surface area (Å²) in [5.41, 5.74) is 2.25. The molecule has 40 heavy (non-hydrogen) atoms. The van der Waals surface area contributed by atoms with Gasteiger partial charge in [-0.05, 0) is 69.5 Å². The summed E-state index contributed by atoms with van der Waals surface area (Å²) in [6.45, 7) is 6.59. The van der Waals surface area contributed by atoms with E-state index in [2.05, 4.69) is 49.6 Å². The van der Waals surface area contributed by atoms with Crippen LogP contribution in [0.2, 0.25) is 0 Å². The van der Waals surface area contributed by atoms with E-state index in [-0.39, 0.29) is 24.2 Å². The van der Waals surface area contributed by atoms with Gasteiger partial charge in [0.25, 0.3) is 0 Å². The minimum absolute atomic E-state index is 0.0506. The molecule has 1 saturated carbocycles. The molecule has 218 valence electrons. The molecule has 0 atom stereocenters. The van der Waals surface area contributed by atoms with Crippen LogP contribution in [0.25, 0.3) is 0 Å². The first-order valence-electron chi connectivity index (χ1n) is 14.2. The molecule has 9 nitrogen and oxygen atoms in total. The SMILES string of the molecule is CN1CCN(c2ccc(Nc3ncc(C(F)(F)F)c(NCCCN4CCCN(C)CC4=O)n3)c(C3CC3)c2)CC1. The second-order valence-corrected chi connectivity index (χ2v) is 11.2. The Labute approximate surface area is 233 Å². The van der Waals surface area contributed by atoms with Crippen molar-refractivity contribution in [3.63, 3.8) is 0 Å². The van der Waals surface area contributed by atoms with Gasteiger partial charge in [-0.15, -0.1) is 0 Å². The molecule has 3 heterocycles. The fraction of sp³-hybridized carbons (Fsp3) is 0.607. The maximum Gasteiger partial charge on any atom is 0.421 e. The molecule has 2 aromatic rings. The van der Waals surface area contributed by atoms with Crippen molar-refractivity contribution in [3.8, 4) is 0 Å². The van der Waals surface area contributed by atoms with Crippen molar-refractivity contribution in [2.75, 3.05) is 88.5 Å². The van der Waals surface area contributed by atoms with E-state index in [9.17, 15) is 18.0 Å². The normalized spacial score (nSPS) is 19.6. The lowest BCUT2D eigenvalue weighted by atomic mass is 10.1. The molecule has 2 aliphatic heterocycles. The molecule has 1 aliphatic carbocycles. The predicted octanol–water partition coefficient (Wildman–Crippen LogP) is 3.83. The van der Waals surface area contributed by atoms with Gasteiger partial charge in [0.05, 0.1) is 6.54 Å². The average molecular weight is 561 g/mol. The average Bonchev–Trinajstić information content (AvgIpc) is 3.76. The van der Waals surface area contributed by atoms with Crippen molar-refractivity contribution in [1.29, 1.82) is 0 Å². The Morgan fingerprint density at radius 1 is 1.02 bits per heavy atom. The number of aromatic nitrogens is 2. The topological polar surface area (TPSA) is 79.9 Å². The maximum atomic E-state index is 13.8. The number of alkyl halides is 3. The third-order valence-corrected chi connectivity index (χ3v) is 7.88. The van der Waals surface area contributed by atoms with E-state index in [1.54, 1.807) is 4.90 Å². The highest BCUT2D eigenvalue weighted by Gasteiger charge is 2.35. The standard InChI is InChI=1S/C28H39F3N8O/c1-36-13-15-38(16-14-36)21-7-8-24(22(17-21)20-5-6-20)34-27-33-18-23(28(29,30)31)26(35-27)32-9-3-11-39-12-4-10-37(2)19-25(39)40/h7-8,17-18,20H,3-6,9-16,19H2,1-2H3,(H2,32,33,34,35). The van der Waals surface area contributed by atoms with Crippen molar-refractivity contribution in [3.05, 3.63) is 35.5 Å². The Bertz CT molecular complexity index is 1180. The summed E-state index contributed by atoms with van der Waals surface area (Å²) >= 11 is 0. The van der Waals surface area contributed by atoms with Crippen LogP contribution < -0.4 is 15.5 Å². The Morgan fingerprint density at radius 2 is 1.80 bits per heavy atom. The number of rotatable bonds is 9. The molecule has 3 fully saturated rings. The van der Waals surface area contributed by atoms with Crippen LogP contribution in [-0.2, 0) is 11.0 Å². The van der Waals surface area contributed by atoms with Crippen molar-refractivity contribution in [2.24, 2.45) is 0 Å². The van der Waals surface area contributed by atoms with E-state index in [4.69, 9.17) is 0 Å². The number of hydrogen-bond acceptors (Lipinski definition) is 8. The van der Waals surface area contributed by atoms with Gasteiger partial charge in [-0.1, -0.05) is 0 Å². The lowest BCUT2D eigenvalue weighted by Crippen LogP contribution is -2.44. The number of piperazine rings is 1. The first-order chi connectivity index (χ1) is 19.2. The summed E-state index contributed by atoms with van der Waals surface area (Å²) in [6, 6.07) is 6.26. The summed E-state index contributed by atoms with van der Waals surface area (Å²) in [7, 11) is 4.04. The number of carbonyl (C=O) groups excluding carboxylic acids is 1. The summed E-state index contributed by atoms with van der Waals surface area (Å²) in [6.07, 6.45) is -0.168. The van der Waals surface area contributed by atoms with E-state index in [0.717, 1.165) is 69.4 Å². The molecule has 12 heteroatoms. The van der Waals surface area contributed by atoms with Gasteiger partial charge in [0.2, 0.25) is 11.9 Å². The summed E-state index contributed by atoms with van der Waals surface area (Å²) in [5, 5.41) is 6.06. The number of nitrogens with zero attached hydrogens (tertiary/aromatic N) is 6. The maximum absolute atomic E-state index is 13.8. The summed E-state index contributed by atoms with van der Waals surface area (Å²) < 4.78 is 41.3. The van der Waals surface area contributed by atoms with Gasteiger partial charge in [-0.2, -0.15) is 18.2 Å². The van der Waals surface area contributed by atoms with Gasteiger partial charge in [-0.25, -0.2) is 4.98 Å². The van der Waals surface area contributed by atoms with Gasteiger partial charge in [0.1, 0.15) is 11.4 Å². The van der Waals surface area contributed by atoms with E-state index in [1.165, 1.54) is 5.69 Å². The third kappa shape index (κ3) is 7.14. The number of nitrogens with one attached hydrogen (secondary N) is 2. The summed E-state index contributed by atoms with van der Waals surface area (Å²) in [4.78, 5) is 29.1. The number of likely N-dealkylation sites (N-methyl/N-ethyl adjacent to an activating group) is 2. The monoisotopic (exact) mass is 560 g/mol. The van der Waals surface area contributed by atoms with Gasteiger partial charge in [-0.3, -0.25) is 9.69 Å². The molecule has 1 aromatic heterocycles. The quantitative estimate of drug-likeness (QED) is 0.448. The molecule has 5 rings (SSSR count). The zero-order valence-electron chi connectivity index (χ0n) is 23.3. The van der Waals surface area contributed by atoms with Crippen LogP contribution >= 0.6 is 0 Å². The van der Waals surface area contributed by atoms with Crippen molar-refractivity contribution >= 4 is 29.0 Å². The molecule has 0 spiro atoms. The van der Waals surface area contributed by atoms with Gasteiger partial charge >= 0.3 is 6.18 Å². The van der Waals surface area contributed by atoms with Gasteiger partial charge in [0.15, 0.2) is 0 Å². The molecule has 1 amide bonds. The number of hydrogen-bond donors (Lipinski definition) is 2. The first kappa shape index (κ1) is 28.4. The number of benzene rings is 1. The van der Waals surface area contributed by atoms with Crippen LogP contribution in [0, 0.1) is 0 Å². The Balaban J connectivity index is 1.27. The van der Waals surface area contributed by atoms with E-state index >= 15 is 0 Å².